The van der Waals surface area contributed by atoms with E-state index in [4.69, 9.17) is 9.47 Å². The SMILES string of the molecule is CCOC(=O)c1[nH]c(CC2=CCC=C2Cc2[nH]c(C(=O)OCC)c(C)c2CC)c(CC)c1C. The van der Waals surface area contributed by atoms with Crippen molar-refractivity contribution in [2.45, 2.75) is 73.6 Å². The van der Waals surface area contributed by atoms with E-state index < -0.39 is 0 Å². The lowest BCUT2D eigenvalue weighted by atomic mass is 9.95. The Kier molecular flexibility index (Phi) is 8.01. The average molecular weight is 453 g/mol. The molecule has 0 aliphatic heterocycles. The van der Waals surface area contributed by atoms with E-state index in [0.717, 1.165) is 54.6 Å². The van der Waals surface area contributed by atoms with Crippen LogP contribution in [0.25, 0.3) is 0 Å². The minimum absolute atomic E-state index is 0.298. The Bertz CT molecular complexity index is 1010. The first-order valence-corrected chi connectivity index (χ1v) is 12.0. The van der Waals surface area contributed by atoms with Gasteiger partial charge in [-0.3, -0.25) is 0 Å². The van der Waals surface area contributed by atoms with Crippen LogP contribution in [-0.4, -0.2) is 35.1 Å². The van der Waals surface area contributed by atoms with Gasteiger partial charge in [0.25, 0.3) is 0 Å². The smallest absolute Gasteiger partial charge is 0.355 e. The van der Waals surface area contributed by atoms with Gasteiger partial charge in [0, 0.05) is 24.2 Å². The van der Waals surface area contributed by atoms with E-state index in [9.17, 15) is 9.59 Å². The standard InChI is InChI=1S/C27H36N2O4/c1-7-20-16(5)24(26(30)32-9-3)28-22(20)14-18-12-11-13-19(18)15-23-21(8-2)17(6)25(29-23)27(31)33-10-4/h12-13,28-29H,7-11,14-15H2,1-6H3. The number of nitrogens with one attached hydrogen (secondary N) is 2. The number of esters is 2. The van der Waals surface area contributed by atoms with E-state index in [1.807, 2.05) is 27.7 Å². The lowest BCUT2D eigenvalue weighted by Gasteiger charge is -2.11. The van der Waals surface area contributed by atoms with Crippen molar-refractivity contribution in [2.24, 2.45) is 0 Å². The van der Waals surface area contributed by atoms with E-state index >= 15 is 0 Å². The van der Waals surface area contributed by atoms with Gasteiger partial charge in [0.05, 0.1) is 13.2 Å². The molecule has 0 fully saturated rings. The normalized spacial score (nSPS) is 13.2. The van der Waals surface area contributed by atoms with E-state index in [1.54, 1.807) is 0 Å². The number of ether oxygens (including phenoxy) is 2. The first kappa shape index (κ1) is 24.6. The summed E-state index contributed by atoms with van der Waals surface area (Å²) in [7, 11) is 0. The predicted octanol–water partition coefficient (Wildman–Crippen LogP) is 5.48. The molecular weight excluding hydrogens is 416 g/mol. The minimum Gasteiger partial charge on any atom is -0.461 e. The van der Waals surface area contributed by atoms with Gasteiger partial charge in [-0.2, -0.15) is 0 Å². The molecule has 0 spiro atoms. The maximum atomic E-state index is 12.4. The van der Waals surface area contributed by atoms with Gasteiger partial charge in [-0.25, -0.2) is 9.59 Å². The van der Waals surface area contributed by atoms with Crippen LogP contribution in [-0.2, 0) is 35.2 Å². The van der Waals surface area contributed by atoms with Crippen LogP contribution in [0.1, 0.15) is 88.7 Å². The maximum absolute atomic E-state index is 12.4. The lowest BCUT2D eigenvalue weighted by molar-refractivity contribution is 0.0509. The Morgan fingerprint density at radius 3 is 1.48 bits per heavy atom. The molecule has 0 amide bonds. The van der Waals surface area contributed by atoms with Crippen molar-refractivity contribution in [3.8, 4) is 0 Å². The van der Waals surface area contributed by atoms with Crippen molar-refractivity contribution < 1.29 is 19.1 Å². The zero-order chi connectivity index (χ0) is 24.1. The van der Waals surface area contributed by atoms with Crippen LogP contribution in [0.2, 0.25) is 0 Å². The molecular formula is C27H36N2O4. The molecule has 3 rings (SSSR count). The number of carbonyl (C=O) groups excluding carboxylic acids is 2. The molecule has 2 aromatic heterocycles. The highest BCUT2D eigenvalue weighted by atomic mass is 16.5. The van der Waals surface area contributed by atoms with E-state index in [-0.39, 0.29) is 11.9 Å². The van der Waals surface area contributed by atoms with Crippen molar-refractivity contribution in [3.05, 3.63) is 68.3 Å². The van der Waals surface area contributed by atoms with Crippen molar-refractivity contribution in [1.29, 1.82) is 0 Å². The molecule has 0 aromatic carbocycles. The van der Waals surface area contributed by atoms with Gasteiger partial charge in [-0.1, -0.05) is 26.0 Å². The molecule has 0 radical (unpaired) electrons. The molecule has 0 atom stereocenters. The summed E-state index contributed by atoms with van der Waals surface area (Å²) in [6.45, 7) is 12.5. The Morgan fingerprint density at radius 1 is 0.758 bits per heavy atom. The fraction of sp³-hybridized carbons (Fsp3) is 0.481. The van der Waals surface area contributed by atoms with Crippen LogP contribution in [0.3, 0.4) is 0 Å². The summed E-state index contributed by atoms with van der Waals surface area (Å²) < 4.78 is 10.5. The number of allylic oxidation sites excluding steroid dienone is 4. The third-order valence-corrected chi connectivity index (χ3v) is 6.48. The molecule has 2 aromatic rings. The largest absolute Gasteiger partial charge is 0.461 e. The summed E-state index contributed by atoms with van der Waals surface area (Å²) in [5.41, 5.74) is 10.1. The summed E-state index contributed by atoms with van der Waals surface area (Å²) in [5.74, 6) is -0.596. The maximum Gasteiger partial charge on any atom is 0.355 e. The third kappa shape index (κ3) is 5.00. The van der Waals surface area contributed by atoms with Crippen LogP contribution in [0.15, 0.2) is 23.3 Å². The van der Waals surface area contributed by atoms with E-state index in [1.165, 1.54) is 22.3 Å². The summed E-state index contributed by atoms with van der Waals surface area (Å²) in [6, 6.07) is 0. The summed E-state index contributed by atoms with van der Waals surface area (Å²) >= 11 is 0. The fourth-order valence-corrected chi connectivity index (χ4v) is 4.83. The number of hydrogen-bond donors (Lipinski definition) is 2. The second-order valence-corrected chi connectivity index (χ2v) is 8.36. The van der Waals surface area contributed by atoms with Crippen LogP contribution in [0, 0.1) is 13.8 Å². The summed E-state index contributed by atoms with van der Waals surface area (Å²) in [6.07, 6.45) is 8.57. The van der Waals surface area contributed by atoms with Crippen LogP contribution < -0.4 is 0 Å². The molecule has 178 valence electrons. The van der Waals surface area contributed by atoms with Gasteiger partial charge in [0.1, 0.15) is 11.4 Å². The number of hydrogen-bond acceptors (Lipinski definition) is 4. The molecule has 1 aliphatic carbocycles. The fourth-order valence-electron chi connectivity index (χ4n) is 4.83. The number of rotatable bonds is 10. The summed E-state index contributed by atoms with van der Waals surface area (Å²) in [5, 5.41) is 0. The molecule has 6 heteroatoms. The Morgan fingerprint density at radius 2 is 1.15 bits per heavy atom. The Balaban J connectivity index is 1.85. The first-order chi connectivity index (χ1) is 15.9. The molecule has 2 N–H and O–H groups in total. The van der Waals surface area contributed by atoms with Crippen molar-refractivity contribution in [1.82, 2.24) is 9.97 Å². The Labute approximate surface area is 196 Å². The van der Waals surface area contributed by atoms with Gasteiger partial charge in [-0.05, 0) is 80.4 Å². The van der Waals surface area contributed by atoms with Gasteiger partial charge in [0.15, 0.2) is 0 Å². The number of carbonyl (C=O) groups is 2. The second-order valence-electron chi connectivity index (χ2n) is 8.36. The molecule has 2 heterocycles. The quantitative estimate of drug-likeness (QED) is 0.468. The highest BCUT2D eigenvalue weighted by Gasteiger charge is 2.24. The monoisotopic (exact) mass is 452 g/mol. The van der Waals surface area contributed by atoms with Crippen molar-refractivity contribution in [2.75, 3.05) is 13.2 Å². The highest BCUT2D eigenvalue weighted by molar-refractivity contribution is 5.90. The minimum atomic E-state index is -0.298. The van der Waals surface area contributed by atoms with E-state index in [0.29, 0.717) is 24.6 Å². The van der Waals surface area contributed by atoms with E-state index in [2.05, 4.69) is 36.0 Å². The second kappa shape index (κ2) is 10.7. The molecule has 0 bridgehead atoms. The van der Waals surface area contributed by atoms with Crippen molar-refractivity contribution in [3.63, 3.8) is 0 Å². The van der Waals surface area contributed by atoms with Gasteiger partial charge < -0.3 is 19.4 Å². The van der Waals surface area contributed by atoms with Crippen molar-refractivity contribution >= 4 is 11.9 Å². The van der Waals surface area contributed by atoms with Gasteiger partial charge >= 0.3 is 11.9 Å². The first-order valence-electron chi connectivity index (χ1n) is 12.0. The molecule has 0 saturated heterocycles. The lowest BCUT2D eigenvalue weighted by Crippen LogP contribution is -2.07. The Hall–Kier alpha value is -3.02. The number of aromatic amines is 2. The molecule has 33 heavy (non-hydrogen) atoms. The van der Waals surface area contributed by atoms with Crippen LogP contribution in [0.4, 0.5) is 0 Å². The number of H-pyrrole nitrogens is 2. The molecule has 0 unspecified atom stereocenters. The molecule has 1 aliphatic rings. The molecule has 6 nitrogen and oxygen atoms in total. The van der Waals surface area contributed by atoms with Crippen LogP contribution in [0.5, 0.6) is 0 Å². The molecule has 0 saturated carbocycles. The topological polar surface area (TPSA) is 84.2 Å². The van der Waals surface area contributed by atoms with Gasteiger partial charge in [-0.15, -0.1) is 0 Å². The number of aromatic nitrogens is 2. The average Bonchev–Trinajstić information content (AvgIpc) is 3.44. The zero-order valence-corrected chi connectivity index (χ0v) is 20.7. The third-order valence-electron chi connectivity index (χ3n) is 6.48. The summed E-state index contributed by atoms with van der Waals surface area (Å²) in [4.78, 5) is 31.4. The highest BCUT2D eigenvalue weighted by Crippen LogP contribution is 2.31. The van der Waals surface area contributed by atoms with Crippen LogP contribution >= 0.6 is 0 Å². The van der Waals surface area contributed by atoms with Gasteiger partial charge in [0.2, 0.25) is 0 Å². The zero-order valence-electron chi connectivity index (χ0n) is 20.7. The predicted molar refractivity (Wildman–Crippen MR) is 130 cm³/mol.